The molecule has 28 heavy (non-hydrogen) atoms. The highest BCUT2D eigenvalue weighted by Gasteiger charge is 2.29. The lowest BCUT2D eigenvalue weighted by Gasteiger charge is -2.34. The molecule has 3 aromatic rings. The van der Waals surface area contributed by atoms with E-state index in [1.807, 2.05) is 42.7 Å². The maximum absolute atomic E-state index is 13.0. The summed E-state index contributed by atoms with van der Waals surface area (Å²) in [4.78, 5) is 19.8. The van der Waals surface area contributed by atoms with Crippen LogP contribution in [0, 0.1) is 0 Å². The number of likely N-dealkylation sites (tertiary alicyclic amines) is 1. The van der Waals surface area contributed by atoms with Crippen molar-refractivity contribution in [2.45, 2.75) is 50.6 Å². The summed E-state index contributed by atoms with van der Waals surface area (Å²) >= 11 is 0. The van der Waals surface area contributed by atoms with Gasteiger partial charge >= 0.3 is 0 Å². The topological polar surface area (TPSA) is 49.6 Å². The monoisotopic (exact) mass is 374 g/mol. The van der Waals surface area contributed by atoms with Gasteiger partial charge in [0.05, 0.1) is 17.9 Å². The molecule has 1 amide bonds. The van der Waals surface area contributed by atoms with Gasteiger partial charge in [0.15, 0.2) is 0 Å². The van der Waals surface area contributed by atoms with Gasteiger partial charge in [-0.2, -0.15) is 0 Å². The average molecular weight is 374 g/mol. The predicted molar refractivity (Wildman–Crippen MR) is 110 cm³/mol. The molecule has 1 N–H and O–H groups in total. The van der Waals surface area contributed by atoms with Gasteiger partial charge in [0.25, 0.3) is 0 Å². The minimum Gasteiger partial charge on any atom is -0.325 e. The Balaban J connectivity index is 1.29. The third-order valence-corrected chi connectivity index (χ3v) is 6.00. The van der Waals surface area contributed by atoms with Gasteiger partial charge in [-0.05, 0) is 68.0 Å². The van der Waals surface area contributed by atoms with Crippen molar-refractivity contribution in [3.63, 3.8) is 0 Å². The van der Waals surface area contributed by atoms with Crippen molar-refractivity contribution < 1.29 is 4.79 Å². The maximum Gasteiger partial charge on any atom is 0.241 e. The first-order valence-electron chi connectivity index (χ1n) is 10.3. The minimum absolute atomic E-state index is 0.0916. The number of amides is 1. The highest BCUT2D eigenvalue weighted by molar-refractivity contribution is 5.94. The summed E-state index contributed by atoms with van der Waals surface area (Å²) in [5.41, 5.74) is 4.37. The number of rotatable bonds is 5. The molecule has 2 aromatic heterocycles. The highest BCUT2D eigenvalue weighted by Crippen LogP contribution is 2.40. The van der Waals surface area contributed by atoms with E-state index in [4.69, 9.17) is 0 Å². The number of carbonyl (C=O) groups excluding carboxylic acids is 1. The molecule has 5 heteroatoms. The zero-order chi connectivity index (χ0) is 18.9. The second kappa shape index (κ2) is 7.40. The Hall–Kier alpha value is -2.66. The van der Waals surface area contributed by atoms with Crippen LogP contribution in [0.2, 0.25) is 0 Å². The number of pyridine rings is 1. The second-order valence-corrected chi connectivity index (χ2v) is 8.05. The number of nitrogens with one attached hydrogen (secondary N) is 1. The van der Waals surface area contributed by atoms with Crippen LogP contribution < -0.4 is 5.32 Å². The molecule has 0 radical (unpaired) electrons. The summed E-state index contributed by atoms with van der Waals surface area (Å²) in [5, 5.41) is 3.14. The Kier molecular flexibility index (Phi) is 4.61. The Labute approximate surface area is 165 Å². The molecule has 5 rings (SSSR count). The molecule has 144 valence electrons. The number of aromatic nitrogens is 2. The Bertz CT molecular complexity index is 974. The number of benzene rings is 1. The van der Waals surface area contributed by atoms with Crippen molar-refractivity contribution >= 4 is 17.2 Å². The fourth-order valence-electron chi connectivity index (χ4n) is 4.27. The van der Waals surface area contributed by atoms with Crippen molar-refractivity contribution in [2.24, 2.45) is 0 Å². The van der Waals surface area contributed by atoms with E-state index in [0.717, 1.165) is 55.3 Å². The van der Waals surface area contributed by atoms with Crippen LogP contribution in [0.3, 0.4) is 0 Å². The number of imidazole rings is 1. The average Bonchev–Trinajstić information content (AvgIpc) is 3.51. The number of fused-ring (bicyclic) bond motifs is 1. The first-order valence-corrected chi connectivity index (χ1v) is 10.3. The van der Waals surface area contributed by atoms with Crippen LogP contribution in [0.5, 0.6) is 0 Å². The molecule has 1 saturated heterocycles. The van der Waals surface area contributed by atoms with E-state index >= 15 is 0 Å². The highest BCUT2D eigenvalue weighted by atomic mass is 16.2. The molecule has 1 atom stereocenters. The van der Waals surface area contributed by atoms with E-state index in [2.05, 4.69) is 31.7 Å². The third kappa shape index (κ3) is 3.54. The van der Waals surface area contributed by atoms with Crippen molar-refractivity contribution in [2.75, 3.05) is 11.9 Å². The van der Waals surface area contributed by atoms with E-state index in [1.54, 1.807) is 0 Å². The SMILES string of the molecule is O=C(Nc1ccc(C2CC2)cc1)[C@H]1CCCCN1Cc1cnc2ccccn12. The number of piperidine rings is 1. The van der Waals surface area contributed by atoms with Crippen molar-refractivity contribution in [1.29, 1.82) is 0 Å². The summed E-state index contributed by atoms with van der Waals surface area (Å²) in [5.74, 6) is 0.844. The molecule has 2 fully saturated rings. The minimum atomic E-state index is -0.0916. The van der Waals surface area contributed by atoms with E-state index in [1.165, 1.54) is 18.4 Å². The van der Waals surface area contributed by atoms with Crippen LogP contribution in [0.25, 0.3) is 5.65 Å². The zero-order valence-electron chi connectivity index (χ0n) is 16.1. The van der Waals surface area contributed by atoms with Crippen LogP contribution in [0.4, 0.5) is 5.69 Å². The Morgan fingerprint density at radius 3 is 2.75 bits per heavy atom. The van der Waals surface area contributed by atoms with E-state index in [-0.39, 0.29) is 11.9 Å². The fraction of sp³-hybridized carbons (Fsp3) is 0.391. The molecular formula is C23H26N4O. The van der Waals surface area contributed by atoms with Gasteiger partial charge in [0.2, 0.25) is 5.91 Å². The number of carbonyl (C=O) groups is 1. The molecule has 1 aliphatic carbocycles. The third-order valence-electron chi connectivity index (χ3n) is 6.00. The van der Waals surface area contributed by atoms with Crippen LogP contribution in [0.1, 0.15) is 49.3 Å². The van der Waals surface area contributed by atoms with E-state index in [0.29, 0.717) is 0 Å². The van der Waals surface area contributed by atoms with Crippen LogP contribution >= 0.6 is 0 Å². The number of anilines is 1. The molecule has 1 saturated carbocycles. The molecule has 1 aliphatic heterocycles. The van der Waals surface area contributed by atoms with E-state index in [9.17, 15) is 4.79 Å². The van der Waals surface area contributed by atoms with Crippen LogP contribution in [-0.4, -0.2) is 32.8 Å². The van der Waals surface area contributed by atoms with Gasteiger partial charge in [0.1, 0.15) is 5.65 Å². The molecule has 0 unspecified atom stereocenters. The Morgan fingerprint density at radius 1 is 1.07 bits per heavy atom. The fourth-order valence-corrected chi connectivity index (χ4v) is 4.27. The van der Waals surface area contributed by atoms with Crippen LogP contribution in [0.15, 0.2) is 54.9 Å². The molecule has 3 heterocycles. The van der Waals surface area contributed by atoms with Gasteiger partial charge in [-0.15, -0.1) is 0 Å². The summed E-state index contributed by atoms with van der Waals surface area (Å²) in [6, 6.07) is 14.3. The summed E-state index contributed by atoms with van der Waals surface area (Å²) < 4.78 is 2.11. The second-order valence-electron chi connectivity index (χ2n) is 8.05. The van der Waals surface area contributed by atoms with Gasteiger partial charge in [0, 0.05) is 18.4 Å². The van der Waals surface area contributed by atoms with Crippen molar-refractivity contribution in [1.82, 2.24) is 14.3 Å². The molecular weight excluding hydrogens is 348 g/mol. The van der Waals surface area contributed by atoms with Gasteiger partial charge in [-0.25, -0.2) is 4.98 Å². The van der Waals surface area contributed by atoms with Crippen LogP contribution in [-0.2, 0) is 11.3 Å². The summed E-state index contributed by atoms with van der Waals surface area (Å²) in [7, 11) is 0. The zero-order valence-corrected chi connectivity index (χ0v) is 16.1. The first-order chi connectivity index (χ1) is 13.8. The molecule has 5 nitrogen and oxygen atoms in total. The van der Waals surface area contributed by atoms with Crippen molar-refractivity contribution in [3.05, 3.63) is 66.1 Å². The molecule has 2 aliphatic rings. The lowest BCUT2D eigenvalue weighted by Crippen LogP contribution is -2.46. The number of nitrogens with zero attached hydrogens (tertiary/aromatic N) is 3. The molecule has 0 bridgehead atoms. The van der Waals surface area contributed by atoms with E-state index < -0.39 is 0 Å². The largest absolute Gasteiger partial charge is 0.325 e. The standard InChI is InChI=1S/C23H26N4O/c28-23(25-19-11-9-18(10-12-19)17-7-8-17)21-5-1-3-13-26(21)16-20-15-24-22-6-2-4-14-27(20)22/h2,4,6,9-12,14-15,17,21H,1,3,5,7-8,13,16H2,(H,25,28)/t21-/m1/s1. The van der Waals surface area contributed by atoms with Gasteiger partial charge in [-0.1, -0.05) is 24.6 Å². The van der Waals surface area contributed by atoms with Gasteiger partial charge in [-0.3, -0.25) is 9.69 Å². The number of hydrogen-bond donors (Lipinski definition) is 1. The van der Waals surface area contributed by atoms with Gasteiger partial charge < -0.3 is 9.72 Å². The van der Waals surface area contributed by atoms with Crippen molar-refractivity contribution in [3.8, 4) is 0 Å². The molecule has 0 spiro atoms. The smallest absolute Gasteiger partial charge is 0.241 e. The first kappa shape index (κ1) is 17.4. The Morgan fingerprint density at radius 2 is 1.93 bits per heavy atom. The molecule has 1 aromatic carbocycles. The predicted octanol–water partition coefficient (Wildman–Crippen LogP) is 4.20. The summed E-state index contributed by atoms with van der Waals surface area (Å²) in [6.45, 7) is 1.68. The normalized spacial score (nSPS) is 20.4. The lowest BCUT2D eigenvalue weighted by molar-refractivity contribution is -0.122. The summed E-state index contributed by atoms with van der Waals surface area (Å²) in [6.07, 6.45) is 9.70. The maximum atomic E-state index is 13.0. The lowest BCUT2D eigenvalue weighted by atomic mass is 10.0. The number of hydrogen-bond acceptors (Lipinski definition) is 3. The quantitative estimate of drug-likeness (QED) is 0.728.